The van der Waals surface area contributed by atoms with Crippen molar-refractivity contribution in [2.45, 2.75) is 39.3 Å². The third-order valence-corrected chi connectivity index (χ3v) is 3.89. The van der Waals surface area contributed by atoms with Gasteiger partial charge in [0.1, 0.15) is 11.9 Å². The van der Waals surface area contributed by atoms with Crippen LogP contribution in [0.4, 0.5) is 11.5 Å². The molecule has 1 unspecified atom stereocenters. The Bertz CT molecular complexity index is 673. The number of rotatable bonds is 5. The van der Waals surface area contributed by atoms with Crippen molar-refractivity contribution in [1.82, 2.24) is 19.6 Å². The highest BCUT2D eigenvalue weighted by Crippen LogP contribution is 2.24. The van der Waals surface area contributed by atoms with Gasteiger partial charge in [0.15, 0.2) is 0 Å². The first kappa shape index (κ1) is 14.6. The van der Waals surface area contributed by atoms with Crippen LogP contribution in [-0.4, -0.2) is 38.1 Å². The molecule has 0 aliphatic carbocycles. The molecule has 0 radical (unpaired) electrons. The number of nitrogens with one attached hydrogen (secondary N) is 1. The lowest BCUT2D eigenvalue weighted by molar-refractivity contribution is -0.117. The van der Waals surface area contributed by atoms with E-state index in [0.717, 1.165) is 36.6 Å². The summed E-state index contributed by atoms with van der Waals surface area (Å²) in [6.07, 6.45) is 5.55. The minimum Gasteiger partial charge on any atom is -0.371 e. The Morgan fingerprint density at radius 3 is 2.95 bits per heavy atom. The fraction of sp³-hybridized carbons (Fsp3) is 0.533. The quantitative estimate of drug-likeness (QED) is 0.910. The average molecular weight is 302 g/mol. The van der Waals surface area contributed by atoms with Crippen molar-refractivity contribution < 1.29 is 4.79 Å². The number of amides is 1. The molecule has 118 valence electrons. The van der Waals surface area contributed by atoms with Gasteiger partial charge in [0.25, 0.3) is 5.91 Å². The number of carbonyl (C=O) groups excluding carboxylic acids is 1. The standard InChI is InChI=1S/C15H22N6O/c1-4-6-20-10-12(9-16-20)17-13-5-7-21(15(13)22)14-8-11(2)18-19(14)3/h8-10,13,17H,4-7H2,1-3H3. The first-order valence-electron chi connectivity index (χ1n) is 7.69. The molecule has 7 nitrogen and oxygen atoms in total. The van der Waals surface area contributed by atoms with E-state index < -0.39 is 0 Å². The van der Waals surface area contributed by atoms with Gasteiger partial charge in [-0.3, -0.25) is 19.1 Å². The van der Waals surface area contributed by atoms with Crippen LogP contribution in [0, 0.1) is 6.92 Å². The molecule has 2 aromatic rings. The van der Waals surface area contributed by atoms with E-state index in [1.165, 1.54) is 0 Å². The first-order chi connectivity index (χ1) is 10.6. The Labute approximate surface area is 129 Å². The van der Waals surface area contributed by atoms with Crippen molar-refractivity contribution in [3.05, 3.63) is 24.2 Å². The predicted octanol–water partition coefficient (Wildman–Crippen LogP) is 1.55. The van der Waals surface area contributed by atoms with E-state index in [2.05, 4.69) is 22.4 Å². The van der Waals surface area contributed by atoms with Gasteiger partial charge in [-0.05, 0) is 19.8 Å². The molecule has 1 fully saturated rings. The highest BCUT2D eigenvalue weighted by molar-refractivity contribution is 6.00. The number of carbonyl (C=O) groups is 1. The molecule has 1 aliphatic rings. The molecular formula is C15H22N6O. The van der Waals surface area contributed by atoms with Crippen LogP contribution in [0.25, 0.3) is 0 Å². The van der Waals surface area contributed by atoms with Crippen LogP contribution in [0.15, 0.2) is 18.5 Å². The summed E-state index contributed by atoms with van der Waals surface area (Å²) < 4.78 is 3.65. The van der Waals surface area contributed by atoms with Gasteiger partial charge in [-0.25, -0.2) is 0 Å². The third kappa shape index (κ3) is 2.70. The van der Waals surface area contributed by atoms with Crippen molar-refractivity contribution in [1.29, 1.82) is 0 Å². The zero-order valence-electron chi connectivity index (χ0n) is 13.3. The molecule has 22 heavy (non-hydrogen) atoms. The number of nitrogens with zero attached hydrogens (tertiary/aromatic N) is 5. The lowest BCUT2D eigenvalue weighted by atomic mass is 10.2. The zero-order valence-corrected chi connectivity index (χ0v) is 13.3. The van der Waals surface area contributed by atoms with Crippen molar-refractivity contribution >= 4 is 17.4 Å². The topological polar surface area (TPSA) is 68.0 Å². The van der Waals surface area contributed by atoms with Gasteiger partial charge in [0, 0.05) is 32.4 Å². The van der Waals surface area contributed by atoms with Gasteiger partial charge in [0.2, 0.25) is 0 Å². The molecule has 3 heterocycles. The molecule has 0 saturated carbocycles. The van der Waals surface area contributed by atoms with E-state index in [4.69, 9.17) is 0 Å². The highest BCUT2D eigenvalue weighted by Gasteiger charge is 2.34. The van der Waals surface area contributed by atoms with E-state index in [1.807, 2.05) is 30.9 Å². The van der Waals surface area contributed by atoms with E-state index in [0.29, 0.717) is 6.54 Å². The van der Waals surface area contributed by atoms with E-state index >= 15 is 0 Å². The number of hydrogen-bond acceptors (Lipinski definition) is 4. The largest absolute Gasteiger partial charge is 0.371 e. The van der Waals surface area contributed by atoms with Crippen LogP contribution in [0.2, 0.25) is 0 Å². The van der Waals surface area contributed by atoms with Gasteiger partial charge in [-0.2, -0.15) is 10.2 Å². The Morgan fingerprint density at radius 2 is 2.27 bits per heavy atom. The maximum Gasteiger partial charge on any atom is 0.250 e. The summed E-state index contributed by atoms with van der Waals surface area (Å²) in [5.74, 6) is 0.944. The van der Waals surface area contributed by atoms with Crippen molar-refractivity contribution in [2.24, 2.45) is 7.05 Å². The highest BCUT2D eigenvalue weighted by atomic mass is 16.2. The van der Waals surface area contributed by atoms with Crippen molar-refractivity contribution in [3.8, 4) is 0 Å². The Kier molecular flexibility index (Phi) is 3.87. The maximum absolute atomic E-state index is 12.6. The Hall–Kier alpha value is -2.31. The summed E-state index contributed by atoms with van der Waals surface area (Å²) >= 11 is 0. The molecule has 7 heteroatoms. The fourth-order valence-electron chi connectivity index (χ4n) is 2.88. The van der Waals surface area contributed by atoms with E-state index in [-0.39, 0.29) is 11.9 Å². The number of anilines is 2. The van der Waals surface area contributed by atoms with Crippen LogP contribution in [-0.2, 0) is 18.4 Å². The second-order valence-electron chi connectivity index (χ2n) is 5.74. The lowest BCUT2D eigenvalue weighted by Gasteiger charge is -2.16. The van der Waals surface area contributed by atoms with Crippen LogP contribution >= 0.6 is 0 Å². The molecule has 1 aliphatic heterocycles. The van der Waals surface area contributed by atoms with Gasteiger partial charge in [0.05, 0.1) is 17.6 Å². The molecule has 1 amide bonds. The summed E-state index contributed by atoms with van der Waals surface area (Å²) in [5, 5.41) is 11.9. The monoisotopic (exact) mass is 302 g/mol. The maximum atomic E-state index is 12.6. The Balaban J connectivity index is 1.69. The smallest absolute Gasteiger partial charge is 0.250 e. The third-order valence-electron chi connectivity index (χ3n) is 3.89. The van der Waals surface area contributed by atoms with Crippen molar-refractivity contribution in [3.63, 3.8) is 0 Å². The second-order valence-corrected chi connectivity index (χ2v) is 5.74. The molecule has 1 atom stereocenters. The van der Waals surface area contributed by atoms with Gasteiger partial charge in [-0.1, -0.05) is 6.92 Å². The molecule has 0 bridgehead atoms. The number of aromatic nitrogens is 4. The van der Waals surface area contributed by atoms with Crippen molar-refractivity contribution in [2.75, 3.05) is 16.8 Å². The van der Waals surface area contributed by atoms with Crippen LogP contribution in [0.5, 0.6) is 0 Å². The fourth-order valence-corrected chi connectivity index (χ4v) is 2.88. The van der Waals surface area contributed by atoms with Crippen LogP contribution in [0.3, 0.4) is 0 Å². The minimum absolute atomic E-state index is 0.0891. The summed E-state index contributed by atoms with van der Waals surface area (Å²) in [4.78, 5) is 14.4. The van der Waals surface area contributed by atoms with E-state index in [1.54, 1.807) is 15.8 Å². The SMILES string of the molecule is CCCn1cc(NC2CCN(c3cc(C)nn3C)C2=O)cn1. The number of aryl methyl sites for hydroxylation is 3. The molecule has 0 spiro atoms. The Morgan fingerprint density at radius 1 is 1.45 bits per heavy atom. The average Bonchev–Trinajstić information content (AvgIpc) is 3.13. The normalized spacial score (nSPS) is 18.2. The summed E-state index contributed by atoms with van der Waals surface area (Å²) in [6, 6.07) is 1.74. The number of hydrogen-bond donors (Lipinski definition) is 1. The van der Waals surface area contributed by atoms with Crippen LogP contribution < -0.4 is 10.2 Å². The zero-order chi connectivity index (χ0) is 15.7. The van der Waals surface area contributed by atoms with Gasteiger partial charge < -0.3 is 5.32 Å². The lowest BCUT2D eigenvalue weighted by Crippen LogP contribution is -2.34. The minimum atomic E-state index is -0.200. The summed E-state index contributed by atoms with van der Waals surface area (Å²) in [5.41, 5.74) is 1.82. The molecular weight excluding hydrogens is 280 g/mol. The molecule has 3 rings (SSSR count). The summed E-state index contributed by atoms with van der Waals surface area (Å²) in [6.45, 7) is 5.64. The molecule has 2 aromatic heterocycles. The van der Waals surface area contributed by atoms with Gasteiger partial charge in [-0.15, -0.1) is 0 Å². The summed E-state index contributed by atoms with van der Waals surface area (Å²) in [7, 11) is 1.87. The van der Waals surface area contributed by atoms with Gasteiger partial charge >= 0.3 is 0 Å². The predicted molar refractivity (Wildman–Crippen MR) is 84.8 cm³/mol. The second kappa shape index (κ2) is 5.82. The first-order valence-corrected chi connectivity index (χ1v) is 7.69. The van der Waals surface area contributed by atoms with E-state index in [9.17, 15) is 4.79 Å². The van der Waals surface area contributed by atoms with Crippen LogP contribution in [0.1, 0.15) is 25.5 Å². The molecule has 0 aromatic carbocycles. The molecule has 1 saturated heterocycles. The molecule has 1 N–H and O–H groups in total.